The van der Waals surface area contributed by atoms with Gasteiger partial charge in [-0.15, -0.1) is 0 Å². The molecule has 1 aromatic rings. The minimum atomic E-state index is -0.277. The Labute approximate surface area is 89.6 Å². The maximum Gasteiger partial charge on any atom is 0.127 e. The first-order chi connectivity index (χ1) is 7.24. The number of benzene rings is 1. The molecule has 0 unspecified atom stereocenters. The average molecular weight is 211 g/mol. The lowest BCUT2D eigenvalue weighted by Crippen LogP contribution is -2.14. The van der Waals surface area contributed by atoms with Crippen LogP contribution in [0.5, 0.6) is 11.5 Å². The van der Waals surface area contributed by atoms with E-state index in [9.17, 15) is 0 Å². The third-order valence-electron chi connectivity index (χ3n) is 2.28. The second-order valence-electron chi connectivity index (χ2n) is 3.19. The van der Waals surface area contributed by atoms with Gasteiger partial charge < -0.3 is 20.3 Å². The predicted molar refractivity (Wildman–Crippen MR) is 58.2 cm³/mol. The summed E-state index contributed by atoms with van der Waals surface area (Å²) in [6, 6.07) is 5.22. The van der Waals surface area contributed by atoms with Crippen LogP contribution in [0.1, 0.15) is 18.0 Å². The van der Waals surface area contributed by atoms with Crippen LogP contribution in [0.3, 0.4) is 0 Å². The van der Waals surface area contributed by atoms with Crippen LogP contribution < -0.4 is 15.2 Å². The Morgan fingerprint density at radius 2 is 1.80 bits per heavy atom. The molecule has 3 N–H and O–H groups in total. The summed E-state index contributed by atoms with van der Waals surface area (Å²) >= 11 is 0. The second kappa shape index (κ2) is 5.58. The molecule has 0 radical (unpaired) electrons. The number of aliphatic hydroxyl groups excluding tert-OH is 1. The maximum absolute atomic E-state index is 8.86. The highest BCUT2D eigenvalue weighted by Crippen LogP contribution is 2.33. The van der Waals surface area contributed by atoms with Crippen LogP contribution in [0.2, 0.25) is 0 Å². The van der Waals surface area contributed by atoms with Crippen LogP contribution in [0, 0.1) is 0 Å². The van der Waals surface area contributed by atoms with Crippen LogP contribution in [-0.2, 0) is 0 Å². The van der Waals surface area contributed by atoms with Crippen molar-refractivity contribution in [1.82, 2.24) is 0 Å². The van der Waals surface area contributed by atoms with Crippen LogP contribution in [0.25, 0.3) is 0 Å². The van der Waals surface area contributed by atoms with E-state index in [2.05, 4.69) is 0 Å². The molecule has 0 aromatic heterocycles. The SMILES string of the molecule is COc1cccc(OC)c1[C@H](N)CCO. The Morgan fingerprint density at radius 1 is 1.27 bits per heavy atom. The number of rotatable bonds is 5. The van der Waals surface area contributed by atoms with Crippen molar-refractivity contribution in [3.8, 4) is 11.5 Å². The summed E-state index contributed by atoms with van der Waals surface area (Å²) in [5.74, 6) is 1.38. The summed E-state index contributed by atoms with van der Waals surface area (Å²) in [5, 5.41) is 8.86. The van der Waals surface area contributed by atoms with Crippen LogP contribution >= 0.6 is 0 Å². The molecule has 0 fully saturated rings. The molecule has 0 aliphatic heterocycles. The molecule has 0 aliphatic carbocycles. The van der Waals surface area contributed by atoms with Gasteiger partial charge in [0.1, 0.15) is 11.5 Å². The standard InChI is InChI=1S/C11H17NO3/c1-14-9-4-3-5-10(15-2)11(9)8(12)6-7-13/h3-5,8,13H,6-7,12H2,1-2H3/t8-/m1/s1. The number of nitrogens with two attached hydrogens (primary N) is 1. The first-order valence-electron chi connectivity index (χ1n) is 4.82. The molecule has 0 amide bonds. The average Bonchev–Trinajstić information content (AvgIpc) is 2.28. The lowest BCUT2D eigenvalue weighted by Gasteiger charge is -2.17. The van der Waals surface area contributed by atoms with Crippen LogP contribution in [0.4, 0.5) is 0 Å². The molecule has 1 aromatic carbocycles. The summed E-state index contributed by atoms with van der Waals surface area (Å²) in [4.78, 5) is 0. The van der Waals surface area contributed by atoms with Gasteiger partial charge >= 0.3 is 0 Å². The lowest BCUT2D eigenvalue weighted by molar-refractivity contribution is 0.273. The van der Waals surface area contributed by atoms with Gasteiger partial charge in [-0.2, -0.15) is 0 Å². The Balaban J connectivity index is 3.09. The minimum absolute atomic E-state index is 0.0440. The van der Waals surface area contributed by atoms with Gasteiger partial charge in [0.15, 0.2) is 0 Å². The number of methoxy groups -OCH3 is 2. The molecule has 0 spiro atoms. The Bertz CT molecular complexity index is 292. The van der Waals surface area contributed by atoms with Gasteiger partial charge in [0, 0.05) is 12.6 Å². The van der Waals surface area contributed by atoms with E-state index < -0.39 is 0 Å². The van der Waals surface area contributed by atoms with E-state index >= 15 is 0 Å². The number of aliphatic hydroxyl groups is 1. The molecule has 0 aliphatic rings. The van der Waals surface area contributed by atoms with E-state index in [4.69, 9.17) is 20.3 Å². The van der Waals surface area contributed by atoms with Crippen molar-refractivity contribution >= 4 is 0 Å². The summed E-state index contributed by atoms with van der Waals surface area (Å²) in [6.45, 7) is 0.0440. The van der Waals surface area contributed by atoms with Crippen LogP contribution in [0.15, 0.2) is 18.2 Å². The highest BCUT2D eigenvalue weighted by atomic mass is 16.5. The largest absolute Gasteiger partial charge is 0.496 e. The Hall–Kier alpha value is -1.26. The fourth-order valence-electron chi connectivity index (χ4n) is 1.53. The summed E-state index contributed by atoms with van der Waals surface area (Å²) in [6.07, 6.45) is 0.483. The molecule has 0 bridgehead atoms. The molecule has 1 atom stereocenters. The van der Waals surface area contributed by atoms with Crippen molar-refractivity contribution in [3.63, 3.8) is 0 Å². The minimum Gasteiger partial charge on any atom is -0.496 e. The number of hydrogen-bond acceptors (Lipinski definition) is 4. The zero-order valence-electron chi connectivity index (χ0n) is 9.06. The zero-order chi connectivity index (χ0) is 11.3. The molecule has 0 saturated heterocycles. The van der Waals surface area contributed by atoms with E-state index in [1.807, 2.05) is 18.2 Å². The summed E-state index contributed by atoms with van der Waals surface area (Å²) < 4.78 is 10.4. The molecule has 4 nitrogen and oxygen atoms in total. The smallest absolute Gasteiger partial charge is 0.127 e. The molecule has 1 rings (SSSR count). The van der Waals surface area contributed by atoms with Gasteiger partial charge in [-0.3, -0.25) is 0 Å². The monoisotopic (exact) mass is 211 g/mol. The van der Waals surface area contributed by atoms with Gasteiger partial charge in [0.2, 0.25) is 0 Å². The van der Waals surface area contributed by atoms with Crippen molar-refractivity contribution in [2.24, 2.45) is 5.73 Å². The van der Waals surface area contributed by atoms with Gasteiger partial charge in [-0.25, -0.2) is 0 Å². The highest BCUT2D eigenvalue weighted by molar-refractivity contribution is 5.46. The normalized spacial score (nSPS) is 12.3. The van der Waals surface area contributed by atoms with Crippen molar-refractivity contribution in [1.29, 1.82) is 0 Å². The second-order valence-corrected chi connectivity index (χ2v) is 3.19. The Morgan fingerprint density at radius 3 is 2.20 bits per heavy atom. The molecule has 4 heteroatoms. The number of ether oxygens (including phenoxy) is 2. The highest BCUT2D eigenvalue weighted by Gasteiger charge is 2.16. The van der Waals surface area contributed by atoms with Crippen molar-refractivity contribution < 1.29 is 14.6 Å². The third kappa shape index (κ3) is 2.61. The van der Waals surface area contributed by atoms with E-state index in [1.54, 1.807) is 14.2 Å². The van der Waals surface area contributed by atoms with Crippen molar-refractivity contribution in [2.75, 3.05) is 20.8 Å². The molecule has 0 heterocycles. The predicted octanol–water partition coefficient (Wildman–Crippen LogP) is 1.09. The van der Waals surface area contributed by atoms with Gasteiger partial charge in [0.05, 0.1) is 19.8 Å². The molecule has 0 saturated carbocycles. The Kier molecular flexibility index (Phi) is 4.39. The topological polar surface area (TPSA) is 64.7 Å². The van der Waals surface area contributed by atoms with E-state index in [0.29, 0.717) is 17.9 Å². The first kappa shape index (κ1) is 11.8. The molecular formula is C11H17NO3. The molecule has 15 heavy (non-hydrogen) atoms. The number of hydrogen-bond donors (Lipinski definition) is 2. The third-order valence-corrected chi connectivity index (χ3v) is 2.28. The van der Waals surface area contributed by atoms with Gasteiger partial charge in [-0.1, -0.05) is 6.07 Å². The van der Waals surface area contributed by atoms with E-state index in [-0.39, 0.29) is 12.6 Å². The van der Waals surface area contributed by atoms with Gasteiger partial charge in [0.25, 0.3) is 0 Å². The molecule has 84 valence electrons. The summed E-state index contributed by atoms with van der Waals surface area (Å²) in [5.41, 5.74) is 6.74. The van der Waals surface area contributed by atoms with E-state index in [1.165, 1.54) is 0 Å². The van der Waals surface area contributed by atoms with Crippen molar-refractivity contribution in [3.05, 3.63) is 23.8 Å². The quantitative estimate of drug-likeness (QED) is 0.765. The lowest BCUT2D eigenvalue weighted by atomic mass is 10.0. The fraction of sp³-hybridized carbons (Fsp3) is 0.455. The first-order valence-corrected chi connectivity index (χ1v) is 4.82. The van der Waals surface area contributed by atoms with Gasteiger partial charge in [-0.05, 0) is 18.6 Å². The van der Waals surface area contributed by atoms with Crippen molar-refractivity contribution in [2.45, 2.75) is 12.5 Å². The fourth-order valence-corrected chi connectivity index (χ4v) is 1.53. The van der Waals surface area contributed by atoms with Crippen LogP contribution in [-0.4, -0.2) is 25.9 Å². The zero-order valence-corrected chi connectivity index (χ0v) is 9.06. The summed E-state index contributed by atoms with van der Waals surface area (Å²) in [7, 11) is 3.17. The maximum atomic E-state index is 8.86. The molecular weight excluding hydrogens is 194 g/mol. The van der Waals surface area contributed by atoms with E-state index in [0.717, 1.165) is 5.56 Å².